The number of nitrogens with zero attached hydrogens (tertiary/aromatic N) is 2. The third kappa shape index (κ3) is 7.14. The van der Waals surface area contributed by atoms with E-state index in [4.69, 9.17) is 28.4 Å². The minimum atomic E-state index is 0.138. The summed E-state index contributed by atoms with van der Waals surface area (Å²) in [5.74, 6) is 4.68. The fraction of sp³-hybridized carbons (Fsp3) is 0.385. The van der Waals surface area contributed by atoms with E-state index in [0.717, 1.165) is 73.3 Å². The maximum Gasteiger partial charge on any atom is 0.230 e. The van der Waals surface area contributed by atoms with E-state index in [9.17, 15) is 0 Å². The Bertz CT molecular complexity index is 1530. The molecule has 0 saturated heterocycles. The lowest BCUT2D eigenvalue weighted by Gasteiger charge is -2.35. The van der Waals surface area contributed by atoms with Crippen LogP contribution in [0.25, 0.3) is 0 Å². The van der Waals surface area contributed by atoms with Crippen LogP contribution in [0.3, 0.4) is 0 Å². The minimum Gasteiger partial charge on any atom is -0.493 e. The summed E-state index contributed by atoms with van der Waals surface area (Å²) in [4.78, 5) is 4.83. The highest BCUT2D eigenvalue weighted by Crippen LogP contribution is 2.40. The van der Waals surface area contributed by atoms with Crippen LogP contribution in [-0.4, -0.2) is 72.2 Å². The molecule has 8 nitrogen and oxygen atoms in total. The lowest BCUT2D eigenvalue weighted by molar-refractivity contribution is 0.120. The summed E-state index contributed by atoms with van der Waals surface area (Å²) in [5.41, 5.74) is 7.74. The Morgan fingerprint density at radius 3 is 1.26 bits per heavy atom. The van der Waals surface area contributed by atoms with Crippen LogP contribution in [0.15, 0.2) is 72.8 Å². The van der Waals surface area contributed by atoms with E-state index in [1.807, 2.05) is 24.3 Å². The molecule has 2 aliphatic rings. The van der Waals surface area contributed by atoms with E-state index < -0.39 is 0 Å². The van der Waals surface area contributed by atoms with Gasteiger partial charge in [-0.15, -0.1) is 0 Å². The number of hydrogen-bond acceptors (Lipinski definition) is 8. The molecule has 8 heteroatoms. The zero-order chi connectivity index (χ0) is 32.9. The quantitative estimate of drug-likeness (QED) is 0.159. The number of ether oxygens (including phenoxy) is 6. The SMILES string of the molecule is COc1cc2c(cc1OC)[C@H](Cc1ccc(OCOc3ccc(C[C@H]4c5cc(OC)c(OC)cc5CCN4C)cc3)cc1)N(C)CC2. The molecule has 0 fully saturated rings. The lowest BCUT2D eigenvalue weighted by atomic mass is 9.88. The van der Waals surface area contributed by atoms with Gasteiger partial charge in [0.15, 0.2) is 23.0 Å². The van der Waals surface area contributed by atoms with E-state index in [2.05, 4.69) is 72.4 Å². The number of benzene rings is 4. The molecule has 2 heterocycles. The Hall–Kier alpha value is -4.40. The molecular formula is C39H46N2O6. The Kier molecular flexibility index (Phi) is 10.1. The van der Waals surface area contributed by atoms with Crippen LogP contribution < -0.4 is 28.4 Å². The molecule has 0 spiro atoms. The molecule has 0 radical (unpaired) electrons. The Morgan fingerprint density at radius 2 is 0.894 bits per heavy atom. The maximum absolute atomic E-state index is 5.94. The fourth-order valence-electron chi connectivity index (χ4n) is 6.89. The van der Waals surface area contributed by atoms with Gasteiger partial charge >= 0.3 is 0 Å². The summed E-state index contributed by atoms with van der Waals surface area (Å²) in [7, 11) is 11.1. The smallest absolute Gasteiger partial charge is 0.230 e. The summed E-state index contributed by atoms with van der Waals surface area (Å²) in [6.07, 6.45) is 3.78. The van der Waals surface area contributed by atoms with Gasteiger partial charge in [0, 0.05) is 25.2 Å². The number of fused-ring (bicyclic) bond motifs is 2. The Balaban J connectivity index is 1.03. The van der Waals surface area contributed by atoms with Crippen molar-refractivity contribution in [3.05, 3.63) is 106 Å². The second-order valence-corrected chi connectivity index (χ2v) is 12.4. The zero-order valence-electron chi connectivity index (χ0n) is 28.4. The van der Waals surface area contributed by atoms with Crippen molar-refractivity contribution in [3.8, 4) is 34.5 Å². The minimum absolute atomic E-state index is 0.138. The van der Waals surface area contributed by atoms with E-state index in [0.29, 0.717) is 0 Å². The summed E-state index contributed by atoms with van der Waals surface area (Å²) >= 11 is 0. The summed E-state index contributed by atoms with van der Waals surface area (Å²) in [6.45, 7) is 2.14. The second-order valence-electron chi connectivity index (χ2n) is 12.4. The van der Waals surface area contributed by atoms with Gasteiger partial charge in [0.2, 0.25) is 6.79 Å². The molecule has 248 valence electrons. The first-order valence-corrected chi connectivity index (χ1v) is 16.2. The summed E-state index contributed by atoms with van der Waals surface area (Å²) < 4.78 is 34.2. The standard InChI is InChI=1S/C39H46N2O6/c1-40-17-15-28-21-36(42-3)38(44-5)23-32(28)34(40)19-26-7-11-30(12-8-26)46-25-47-31-13-9-27(10-14-31)20-35-33-24-39(45-6)37(43-4)22-29(33)16-18-41(35)2/h7-14,21-24,34-35H,15-20,25H2,1-6H3/t34-,35-/m0/s1. The third-order valence-electron chi connectivity index (χ3n) is 9.70. The average molecular weight is 639 g/mol. The van der Waals surface area contributed by atoms with Gasteiger partial charge in [0.05, 0.1) is 28.4 Å². The van der Waals surface area contributed by atoms with Gasteiger partial charge in [-0.25, -0.2) is 0 Å². The Morgan fingerprint density at radius 1 is 0.532 bits per heavy atom. The maximum atomic E-state index is 5.94. The lowest BCUT2D eigenvalue weighted by Crippen LogP contribution is -2.33. The van der Waals surface area contributed by atoms with Crippen molar-refractivity contribution >= 4 is 0 Å². The van der Waals surface area contributed by atoms with Gasteiger partial charge in [-0.1, -0.05) is 24.3 Å². The summed E-state index contributed by atoms with van der Waals surface area (Å²) in [6, 6.07) is 25.7. The number of likely N-dealkylation sites (N-methyl/N-ethyl adjacent to an activating group) is 2. The molecule has 2 aliphatic heterocycles. The predicted octanol–water partition coefficient (Wildman–Crippen LogP) is 6.68. The first-order chi connectivity index (χ1) is 22.9. The van der Waals surface area contributed by atoms with Gasteiger partial charge in [0.1, 0.15) is 11.5 Å². The van der Waals surface area contributed by atoms with Gasteiger partial charge < -0.3 is 28.4 Å². The monoisotopic (exact) mass is 638 g/mol. The largest absolute Gasteiger partial charge is 0.493 e. The molecule has 0 aliphatic carbocycles. The van der Waals surface area contributed by atoms with Crippen molar-refractivity contribution in [3.63, 3.8) is 0 Å². The normalized spacial score (nSPS) is 17.7. The number of hydrogen-bond donors (Lipinski definition) is 0. The third-order valence-corrected chi connectivity index (χ3v) is 9.70. The highest BCUT2D eigenvalue weighted by molar-refractivity contribution is 5.51. The van der Waals surface area contributed by atoms with Gasteiger partial charge in [-0.3, -0.25) is 9.80 Å². The number of rotatable bonds is 12. The van der Waals surface area contributed by atoms with Crippen LogP contribution in [-0.2, 0) is 25.7 Å². The molecule has 4 aromatic rings. The van der Waals surface area contributed by atoms with E-state index in [-0.39, 0.29) is 18.9 Å². The highest BCUT2D eigenvalue weighted by Gasteiger charge is 2.28. The van der Waals surface area contributed by atoms with Crippen molar-refractivity contribution in [2.24, 2.45) is 0 Å². The Labute approximate surface area is 278 Å². The fourth-order valence-corrected chi connectivity index (χ4v) is 6.89. The van der Waals surface area contributed by atoms with E-state index in [1.165, 1.54) is 33.4 Å². The predicted molar refractivity (Wildman–Crippen MR) is 184 cm³/mol. The molecule has 47 heavy (non-hydrogen) atoms. The molecule has 2 atom stereocenters. The first kappa shape index (κ1) is 32.5. The topological polar surface area (TPSA) is 61.9 Å². The molecule has 4 aromatic carbocycles. The van der Waals surface area contributed by atoms with Crippen LogP contribution in [0, 0.1) is 0 Å². The van der Waals surface area contributed by atoms with E-state index in [1.54, 1.807) is 28.4 Å². The van der Waals surface area contributed by atoms with Gasteiger partial charge in [-0.05, 0) is 122 Å². The molecule has 0 unspecified atom stereocenters. The van der Waals surface area contributed by atoms with Crippen LogP contribution in [0.1, 0.15) is 45.5 Å². The van der Waals surface area contributed by atoms with Gasteiger partial charge in [0.25, 0.3) is 0 Å². The molecule has 0 N–H and O–H groups in total. The van der Waals surface area contributed by atoms with E-state index >= 15 is 0 Å². The average Bonchev–Trinajstić information content (AvgIpc) is 3.10. The van der Waals surface area contributed by atoms with Crippen molar-refractivity contribution in [2.75, 3.05) is 62.4 Å². The van der Waals surface area contributed by atoms with Crippen LogP contribution in [0.5, 0.6) is 34.5 Å². The molecule has 0 amide bonds. The van der Waals surface area contributed by atoms with Crippen LogP contribution in [0.4, 0.5) is 0 Å². The second kappa shape index (κ2) is 14.6. The van der Waals surface area contributed by atoms with Crippen molar-refractivity contribution < 1.29 is 28.4 Å². The van der Waals surface area contributed by atoms with Crippen molar-refractivity contribution in [1.29, 1.82) is 0 Å². The summed E-state index contributed by atoms with van der Waals surface area (Å²) in [5, 5.41) is 0. The van der Waals surface area contributed by atoms with Gasteiger partial charge in [-0.2, -0.15) is 0 Å². The number of methoxy groups -OCH3 is 4. The molecule has 0 aromatic heterocycles. The molecule has 0 saturated carbocycles. The van der Waals surface area contributed by atoms with Crippen LogP contribution >= 0.6 is 0 Å². The molecule has 0 bridgehead atoms. The highest BCUT2D eigenvalue weighted by atomic mass is 16.7. The van der Waals surface area contributed by atoms with Crippen LogP contribution in [0.2, 0.25) is 0 Å². The first-order valence-electron chi connectivity index (χ1n) is 16.2. The molecule has 6 rings (SSSR count). The van der Waals surface area contributed by atoms with Crippen molar-refractivity contribution in [1.82, 2.24) is 9.80 Å². The zero-order valence-corrected chi connectivity index (χ0v) is 28.4. The molecular weight excluding hydrogens is 592 g/mol. The van der Waals surface area contributed by atoms with Crippen molar-refractivity contribution in [2.45, 2.75) is 37.8 Å².